The van der Waals surface area contributed by atoms with Gasteiger partial charge in [-0.2, -0.15) is 4.31 Å². The number of pyridine rings is 1. The molecular formula is C21H28ClN5O3S. The number of urea groups is 1. The lowest BCUT2D eigenvalue weighted by Crippen LogP contribution is -2.48. The van der Waals surface area contributed by atoms with Crippen LogP contribution in [0, 0.1) is 6.92 Å². The van der Waals surface area contributed by atoms with Crippen LogP contribution in [0.1, 0.15) is 23.7 Å². The van der Waals surface area contributed by atoms with Crippen molar-refractivity contribution in [3.8, 4) is 0 Å². The maximum absolute atomic E-state index is 12.1. The average Bonchev–Trinajstić information content (AvgIpc) is 2.76. The Balaban J connectivity index is 1.53. The van der Waals surface area contributed by atoms with Gasteiger partial charge in [-0.05, 0) is 43.2 Å². The normalized spacial score (nSPS) is 15.6. The number of aryl methyl sites for hydroxylation is 1. The maximum Gasteiger partial charge on any atom is 0.319 e. The van der Waals surface area contributed by atoms with Crippen molar-refractivity contribution in [2.75, 3.05) is 37.2 Å². The topological polar surface area (TPSA) is 94.6 Å². The number of nitrogens with zero attached hydrogens (tertiary/aromatic N) is 3. The van der Waals surface area contributed by atoms with Gasteiger partial charge >= 0.3 is 6.03 Å². The third kappa shape index (κ3) is 6.64. The SMILES string of the molecule is CCS(=O)(=O)N1CCN(Cc2cc(CNC(=O)Nc3ccc(C)nc3)ccc2Cl)CC1. The van der Waals surface area contributed by atoms with Crippen LogP contribution in [0.25, 0.3) is 0 Å². The molecule has 2 amide bonds. The third-order valence-electron chi connectivity index (χ3n) is 5.22. The second-order valence-electron chi connectivity index (χ2n) is 7.50. The Labute approximate surface area is 188 Å². The van der Waals surface area contributed by atoms with Crippen LogP contribution in [0.15, 0.2) is 36.5 Å². The Hall–Kier alpha value is -2.20. The number of aromatic nitrogens is 1. The van der Waals surface area contributed by atoms with E-state index < -0.39 is 10.0 Å². The molecule has 2 heterocycles. The lowest BCUT2D eigenvalue weighted by molar-refractivity contribution is 0.181. The molecule has 31 heavy (non-hydrogen) atoms. The smallest absolute Gasteiger partial charge is 0.319 e. The highest BCUT2D eigenvalue weighted by molar-refractivity contribution is 7.89. The summed E-state index contributed by atoms with van der Waals surface area (Å²) in [5, 5.41) is 6.24. The summed E-state index contributed by atoms with van der Waals surface area (Å²) in [6.45, 7) is 6.84. The number of hydrogen-bond donors (Lipinski definition) is 2. The number of sulfonamides is 1. The fourth-order valence-corrected chi connectivity index (χ4v) is 4.61. The molecule has 0 aliphatic carbocycles. The van der Waals surface area contributed by atoms with Gasteiger partial charge in [0.1, 0.15) is 0 Å². The molecule has 1 fully saturated rings. The molecule has 0 bridgehead atoms. The van der Waals surface area contributed by atoms with E-state index in [1.807, 2.05) is 31.2 Å². The fraction of sp³-hybridized carbons (Fsp3) is 0.429. The van der Waals surface area contributed by atoms with Gasteiger partial charge in [0, 0.05) is 50.0 Å². The van der Waals surface area contributed by atoms with Gasteiger partial charge in [0.05, 0.1) is 17.6 Å². The molecule has 2 aromatic rings. The van der Waals surface area contributed by atoms with Gasteiger partial charge in [-0.3, -0.25) is 9.88 Å². The van der Waals surface area contributed by atoms with E-state index in [1.165, 1.54) is 0 Å². The number of amides is 2. The predicted molar refractivity (Wildman–Crippen MR) is 123 cm³/mol. The van der Waals surface area contributed by atoms with Crippen LogP contribution in [0.5, 0.6) is 0 Å². The molecule has 0 spiro atoms. The average molecular weight is 466 g/mol. The summed E-state index contributed by atoms with van der Waals surface area (Å²) in [6.07, 6.45) is 1.61. The summed E-state index contributed by atoms with van der Waals surface area (Å²) in [5.41, 5.74) is 3.40. The Morgan fingerprint density at radius 3 is 2.55 bits per heavy atom. The Kier molecular flexibility index (Phi) is 7.88. The first-order chi connectivity index (χ1) is 14.8. The number of halogens is 1. The molecule has 0 saturated carbocycles. The van der Waals surface area contributed by atoms with Gasteiger partial charge in [-0.25, -0.2) is 13.2 Å². The fourth-order valence-electron chi connectivity index (χ4n) is 3.35. The van der Waals surface area contributed by atoms with E-state index in [4.69, 9.17) is 11.6 Å². The first kappa shape index (κ1) is 23.5. The second kappa shape index (κ2) is 10.4. The second-order valence-corrected chi connectivity index (χ2v) is 10.2. The number of carbonyl (C=O) groups is 1. The number of carbonyl (C=O) groups excluding carboxylic acids is 1. The van der Waals surface area contributed by atoms with Crippen molar-refractivity contribution in [3.63, 3.8) is 0 Å². The predicted octanol–water partition coefficient (Wildman–Crippen LogP) is 2.83. The molecule has 8 nitrogen and oxygen atoms in total. The molecule has 1 aliphatic rings. The van der Waals surface area contributed by atoms with E-state index in [0.717, 1.165) is 16.8 Å². The third-order valence-corrected chi connectivity index (χ3v) is 7.47. The molecule has 2 N–H and O–H groups in total. The lowest BCUT2D eigenvalue weighted by atomic mass is 10.1. The minimum atomic E-state index is -3.14. The van der Waals surface area contributed by atoms with Crippen LogP contribution in [0.2, 0.25) is 5.02 Å². The van der Waals surface area contributed by atoms with Crippen LogP contribution in [0.4, 0.5) is 10.5 Å². The van der Waals surface area contributed by atoms with Crippen LogP contribution < -0.4 is 10.6 Å². The monoisotopic (exact) mass is 465 g/mol. The van der Waals surface area contributed by atoms with E-state index in [-0.39, 0.29) is 11.8 Å². The van der Waals surface area contributed by atoms with Gasteiger partial charge < -0.3 is 10.6 Å². The molecule has 1 saturated heterocycles. The van der Waals surface area contributed by atoms with E-state index in [9.17, 15) is 13.2 Å². The highest BCUT2D eigenvalue weighted by Gasteiger charge is 2.25. The van der Waals surface area contributed by atoms with Gasteiger partial charge in [-0.1, -0.05) is 23.7 Å². The molecule has 0 atom stereocenters. The summed E-state index contributed by atoms with van der Waals surface area (Å²) >= 11 is 6.38. The lowest BCUT2D eigenvalue weighted by Gasteiger charge is -2.34. The first-order valence-corrected chi connectivity index (χ1v) is 12.2. The summed E-state index contributed by atoms with van der Waals surface area (Å²) < 4.78 is 25.6. The summed E-state index contributed by atoms with van der Waals surface area (Å²) in [5.74, 6) is 0.127. The van der Waals surface area contributed by atoms with Gasteiger partial charge in [0.25, 0.3) is 0 Å². The van der Waals surface area contributed by atoms with E-state index in [1.54, 1.807) is 23.5 Å². The van der Waals surface area contributed by atoms with Crippen molar-refractivity contribution in [3.05, 3.63) is 58.4 Å². The highest BCUT2D eigenvalue weighted by atomic mass is 35.5. The molecule has 10 heteroatoms. The molecule has 3 rings (SSSR count). The molecule has 0 radical (unpaired) electrons. The van der Waals surface area contributed by atoms with Gasteiger partial charge in [0.2, 0.25) is 10.0 Å². The molecule has 1 aromatic heterocycles. The standard InChI is InChI=1S/C21H28ClN5O3S/c1-3-31(29,30)27-10-8-26(9-11-27)15-18-12-17(5-7-20(18)22)13-24-21(28)25-19-6-4-16(2)23-14-19/h4-7,12,14H,3,8-11,13,15H2,1-2H3,(H2,24,25,28). The van der Waals surface area contributed by atoms with Gasteiger partial charge in [0.15, 0.2) is 0 Å². The van der Waals surface area contributed by atoms with E-state index >= 15 is 0 Å². The highest BCUT2D eigenvalue weighted by Crippen LogP contribution is 2.21. The maximum atomic E-state index is 12.1. The number of anilines is 1. The molecule has 168 valence electrons. The Bertz CT molecular complexity index is 1010. The van der Waals surface area contributed by atoms with Crippen LogP contribution in [-0.2, 0) is 23.1 Å². The summed E-state index contributed by atoms with van der Waals surface area (Å²) in [6, 6.07) is 9.01. The van der Waals surface area contributed by atoms with Crippen molar-refractivity contribution in [2.24, 2.45) is 0 Å². The zero-order chi connectivity index (χ0) is 22.4. The molecular weight excluding hydrogens is 438 g/mol. The van der Waals surface area contributed by atoms with Crippen molar-refractivity contribution in [1.82, 2.24) is 19.5 Å². The van der Waals surface area contributed by atoms with E-state index in [2.05, 4.69) is 20.5 Å². The van der Waals surface area contributed by atoms with Crippen molar-refractivity contribution in [1.29, 1.82) is 0 Å². The van der Waals surface area contributed by atoms with Crippen molar-refractivity contribution < 1.29 is 13.2 Å². The molecule has 1 aromatic carbocycles. The van der Waals surface area contributed by atoms with Crippen molar-refractivity contribution >= 4 is 33.3 Å². The van der Waals surface area contributed by atoms with Crippen LogP contribution in [0.3, 0.4) is 0 Å². The largest absolute Gasteiger partial charge is 0.334 e. The number of nitrogens with one attached hydrogen (secondary N) is 2. The zero-order valence-electron chi connectivity index (χ0n) is 17.8. The zero-order valence-corrected chi connectivity index (χ0v) is 19.3. The van der Waals surface area contributed by atoms with E-state index in [0.29, 0.717) is 50.0 Å². The summed E-state index contributed by atoms with van der Waals surface area (Å²) in [7, 11) is -3.14. The van der Waals surface area contributed by atoms with Crippen LogP contribution >= 0.6 is 11.6 Å². The summed E-state index contributed by atoms with van der Waals surface area (Å²) in [4.78, 5) is 18.5. The first-order valence-electron chi connectivity index (χ1n) is 10.2. The molecule has 1 aliphatic heterocycles. The Morgan fingerprint density at radius 1 is 1.16 bits per heavy atom. The van der Waals surface area contributed by atoms with Gasteiger partial charge in [-0.15, -0.1) is 0 Å². The number of hydrogen-bond acceptors (Lipinski definition) is 5. The minimum absolute atomic E-state index is 0.127. The number of benzene rings is 1. The quantitative estimate of drug-likeness (QED) is 0.655. The number of rotatable bonds is 7. The molecule has 0 unspecified atom stereocenters. The van der Waals surface area contributed by atoms with Crippen LogP contribution in [-0.4, -0.2) is 60.6 Å². The minimum Gasteiger partial charge on any atom is -0.334 e. The number of piperazine rings is 1. The van der Waals surface area contributed by atoms with Crippen molar-refractivity contribution in [2.45, 2.75) is 26.9 Å². The Morgan fingerprint density at radius 2 is 1.90 bits per heavy atom.